The SMILES string of the molecule is [S-][n+]1nncn1C1CCCCC1. The number of nitrogens with zero attached hydrogens (tertiary/aromatic N) is 4. The summed E-state index contributed by atoms with van der Waals surface area (Å²) in [7, 11) is 0. The van der Waals surface area contributed by atoms with Crippen molar-refractivity contribution in [2.24, 2.45) is 0 Å². The first-order valence-corrected chi connectivity index (χ1v) is 4.74. The van der Waals surface area contributed by atoms with Gasteiger partial charge < -0.3 is 12.8 Å². The van der Waals surface area contributed by atoms with Crippen LogP contribution in [0.5, 0.6) is 0 Å². The molecule has 0 aromatic carbocycles. The molecule has 0 bridgehead atoms. The summed E-state index contributed by atoms with van der Waals surface area (Å²) in [6.07, 6.45) is 8.12. The Morgan fingerprint density at radius 1 is 1.33 bits per heavy atom. The fourth-order valence-corrected chi connectivity index (χ4v) is 2.01. The quantitative estimate of drug-likeness (QED) is 0.467. The second-order valence-electron chi connectivity index (χ2n) is 3.24. The number of aromatic nitrogens is 4. The maximum Gasteiger partial charge on any atom is 0.270 e. The molecule has 1 aromatic heterocycles. The summed E-state index contributed by atoms with van der Waals surface area (Å²) in [5.41, 5.74) is 0. The van der Waals surface area contributed by atoms with E-state index in [4.69, 9.17) is 12.8 Å². The molecular weight excluding hydrogens is 172 g/mol. The van der Waals surface area contributed by atoms with Crippen LogP contribution in [0.3, 0.4) is 0 Å². The van der Waals surface area contributed by atoms with E-state index in [1.807, 2.05) is 4.68 Å². The van der Waals surface area contributed by atoms with Crippen LogP contribution in [0, 0.1) is 0 Å². The van der Waals surface area contributed by atoms with Gasteiger partial charge in [-0.25, -0.2) is 0 Å². The summed E-state index contributed by atoms with van der Waals surface area (Å²) < 4.78 is 3.37. The highest BCUT2D eigenvalue weighted by Crippen LogP contribution is 2.26. The zero-order chi connectivity index (χ0) is 8.39. The Hall–Kier alpha value is -0.710. The largest absolute Gasteiger partial charge is 0.501 e. The van der Waals surface area contributed by atoms with Crippen molar-refractivity contribution in [3.05, 3.63) is 6.33 Å². The third-order valence-corrected chi connectivity index (χ3v) is 2.71. The smallest absolute Gasteiger partial charge is 0.270 e. The van der Waals surface area contributed by atoms with Gasteiger partial charge in [0.15, 0.2) is 0 Å². The van der Waals surface area contributed by atoms with Crippen molar-refractivity contribution >= 4 is 12.8 Å². The minimum Gasteiger partial charge on any atom is -0.501 e. The van der Waals surface area contributed by atoms with Gasteiger partial charge in [0.05, 0.1) is 11.1 Å². The van der Waals surface area contributed by atoms with Gasteiger partial charge in [-0.05, 0) is 12.8 Å². The molecule has 0 atom stereocenters. The van der Waals surface area contributed by atoms with Gasteiger partial charge in [0.1, 0.15) is 5.21 Å². The Bertz CT molecular complexity index is 254. The van der Waals surface area contributed by atoms with E-state index in [1.165, 1.54) is 36.3 Å². The van der Waals surface area contributed by atoms with Crippen LogP contribution in [0.2, 0.25) is 0 Å². The maximum atomic E-state index is 4.97. The molecule has 1 fully saturated rings. The highest BCUT2D eigenvalue weighted by molar-refractivity contribution is 7.50. The molecule has 1 heterocycles. The first kappa shape index (κ1) is 7.91. The zero-order valence-electron chi connectivity index (χ0n) is 6.89. The van der Waals surface area contributed by atoms with Crippen LogP contribution in [0.4, 0.5) is 0 Å². The van der Waals surface area contributed by atoms with E-state index in [0.29, 0.717) is 6.04 Å². The molecular formula is C7H12N4S. The fourth-order valence-electron chi connectivity index (χ4n) is 1.79. The van der Waals surface area contributed by atoms with Gasteiger partial charge in [-0.3, -0.25) is 0 Å². The van der Waals surface area contributed by atoms with Gasteiger partial charge in [-0.1, -0.05) is 19.3 Å². The summed E-state index contributed by atoms with van der Waals surface area (Å²) in [6.45, 7) is 0. The minimum atomic E-state index is 0.534. The fraction of sp³-hybridized carbons (Fsp3) is 0.857. The average Bonchev–Trinajstić information content (AvgIpc) is 2.53. The molecule has 4 nitrogen and oxygen atoms in total. The van der Waals surface area contributed by atoms with Crippen LogP contribution >= 0.6 is 0 Å². The summed E-state index contributed by atoms with van der Waals surface area (Å²) in [5.74, 6) is 0. The first-order chi connectivity index (χ1) is 5.88. The van der Waals surface area contributed by atoms with E-state index in [1.54, 1.807) is 6.33 Å². The van der Waals surface area contributed by atoms with Crippen molar-refractivity contribution in [2.75, 3.05) is 0 Å². The summed E-state index contributed by atoms with van der Waals surface area (Å²) in [5, 5.41) is 7.50. The molecule has 0 aliphatic heterocycles. The van der Waals surface area contributed by atoms with Gasteiger partial charge in [0.2, 0.25) is 0 Å². The molecule has 0 amide bonds. The predicted octanol–water partition coefficient (Wildman–Crippen LogP) is 0.381. The molecule has 0 saturated heterocycles. The van der Waals surface area contributed by atoms with Crippen molar-refractivity contribution in [1.82, 2.24) is 15.0 Å². The molecule has 2 rings (SSSR count). The Morgan fingerprint density at radius 3 is 2.67 bits per heavy atom. The van der Waals surface area contributed by atoms with Crippen LogP contribution in [0.1, 0.15) is 38.1 Å². The molecule has 0 radical (unpaired) electrons. The highest BCUT2D eigenvalue weighted by Gasteiger charge is 2.18. The molecule has 0 N–H and O–H groups in total. The lowest BCUT2D eigenvalue weighted by Gasteiger charge is -2.21. The number of rotatable bonds is 1. The van der Waals surface area contributed by atoms with Crippen molar-refractivity contribution < 1.29 is 4.20 Å². The van der Waals surface area contributed by atoms with E-state index >= 15 is 0 Å². The number of tetrazole rings is 1. The van der Waals surface area contributed by atoms with Crippen LogP contribution in [0.25, 0.3) is 0 Å². The van der Waals surface area contributed by atoms with Gasteiger partial charge in [0.25, 0.3) is 6.33 Å². The normalized spacial score (nSPS) is 19.7. The number of hydrogen-bond donors (Lipinski definition) is 0. The van der Waals surface area contributed by atoms with Crippen molar-refractivity contribution in [3.8, 4) is 0 Å². The van der Waals surface area contributed by atoms with E-state index < -0.39 is 0 Å². The molecule has 1 aromatic rings. The van der Waals surface area contributed by atoms with Crippen LogP contribution in [0.15, 0.2) is 6.33 Å². The van der Waals surface area contributed by atoms with Gasteiger partial charge in [0, 0.05) is 0 Å². The third-order valence-electron chi connectivity index (χ3n) is 2.44. The van der Waals surface area contributed by atoms with Gasteiger partial charge in [-0.2, -0.15) is 8.88 Å². The molecule has 66 valence electrons. The maximum absolute atomic E-state index is 4.97. The van der Waals surface area contributed by atoms with E-state index in [2.05, 4.69) is 10.3 Å². The lowest BCUT2D eigenvalue weighted by Crippen LogP contribution is -2.42. The Morgan fingerprint density at radius 2 is 2.08 bits per heavy atom. The van der Waals surface area contributed by atoms with Crippen molar-refractivity contribution in [1.29, 1.82) is 0 Å². The highest BCUT2D eigenvalue weighted by atomic mass is 32.1. The second-order valence-corrected chi connectivity index (χ2v) is 3.57. The Balaban J connectivity index is 2.13. The molecule has 5 heteroatoms. The third kappa shape index (κ3) is 1.41. The lowest BCUT2D eigenvalue weighted by atomic mass is 9.96. The Kier molecular flexibility index (Phi) is 2.21. The second kappa shape index (κ2) is 3.35. The number of hydrogen-bond acceptors (Lipinski definition) is 3. The van der Waals surface area contributed by atoms with E-state index in [0.717, 1.165) is 0 Å². The summed E-state index contributed by atoms with van der Waals surface area (Å²) in [6, 6.07) is 0.534. The molecule has 12 heavy (non-hydrogen) atoms. The zero-order valence-corrected chi connectivity index (χ0v) is 7.70. The molecule has 1 aliphatic carbocycles. The molecule has 0 unspecified atom stereocenters. The predicted molar refractivity (Wildman–Crippen MR) is 45.1 cm³/mol. The first-order valence-electron chi connectivity index (χ1n) is 4.37. The van der Waals surface area contributed by atoms with Crippen LogP contribution in [-0.2, 0) is 12.8 Å². The Labute approximate surface area is 77.1 Å². The van der Waals surface area contributed by atoms with Crippen LogP contribution < -0.4 is 4.20 Å². The average molecular weight is 184 g/mol. The lowest BCUT2D eigenvalue weighted by molar-refractivity contribution is -0.659. The molecule has 0 spiro atoms. The van der Waals surface area contributed by atoms with Crippen LogP contribution in [-0.4, -0.2) is 15.0 Å². The molecule has 1 aliphatic rings. The van der Waals surface area contributed by atoms with Gasteiger partial charge in [-0.15, -0.1) is 0 Å². The minimum absolute atomic E-state index is 0.534. The monoisotopic (exact) mass is 184 g/mol. The van der Waals surface area contributed by atoms with E-state index in [9.17, 15) is 0 Å². The summed E-state index contributed by atoms with van der Waals surface area (Å²) in [4.78, 5) is 0. The van der Waals surface area contributed by atoms with Crippen molar-refractivity contribution in [3.63, 3.8) is 0 Å². The van der Waals surface area contributed by atoms with Gasteiger partial charge >= 0.3 is 0 Å². The van der Waals surface area contributed by atoms with Crippen molar-refractivity contribution in [2.45, 2.75) is 38.1 Å². The topological polar surface area (TPSA) is 34.6 Å². The van der Waals surface area contributed by atoms with E-state index in [-0.39, 0.29) is 0 Å². The standard InChI is InChI=1S/C7H12N4S/c12-11-9-8-6-10(11)7-4-2-1-3-5-7/h6-7H,1-5H2. The summed E-state index contributed by atoms with van der Waals surface area (Å²) >= 11 is 4.97. The molecule has 1 saturated carbocycles.